The third-order valence-electron chi connectivity index (χ3n) is 3.86. The van der Waals surface area contributed by atoms with E-state index >= 15 is 0 Å². The predicted octanol–water partition coefficient (Wildman–Crippen LogP) is 6.93. The highest BCUT2D eigenvalue weighted by atomic mass is 79.9. The Morgan fingerprint density at radius 2 is 1.07 bits per heavy atom. The molecule has 1 heterocycles. The van der Waals surface area contributed by atoms with Crippen molar-refractivity contribution in [2.24, 2.45) is 0 Å². The van der Waals surface area contributed by atoms with E-state index in [4.69, 9.17) is 0 Å². The number of rotatable bonds is 2. The van der Waals surface area contributed by atoms with Crippen molar-refractivity contribution in [3.63, 3.8) is 0 Å². The van der Waals surface area contributed by atoms with E-state index in [0.29, 0.717) is 40.5 Å². The molecule has 2 aromatic rings. The van der Waals surface area contributed by atoms with E-state index in [1.54, 1.807) is 36.0 Å². The molecule has 1 aliphatic rings. The fourth-order valence-corrected chi connectivity index (χ4v) is 5.98. The fraction of sp³-hybridized carbons (Fsp3) is 0.105. The molecule has 1 saturated heterocycles. The Bertz CT molecular complexity index is 875. The Balaban J connectivity index is 1.94. The summed E-state index contributed by atoms with van der Waals surface area (Å²) in [4.78, 5) is 12.9. The van der Waals surface area contributed by atoms with Gasteiger partial charge in [0.15, 0.2) is 5.78 Å². The number of hydrogen-bond donors (Lipinski definition) is 2. The molecule has 2 N–H and O–H groups in total. The van der Waals surface area contributed by atoms with Crippen LogP contribution in [0.3, 0.4) is 0 Å². The third kappa shape index (κ3) is 4.90. The van der Waals surface area contributed by atoms with Gasteiger partial charge in [-0.25, -0.2) is 0 Å². The summed E-state index contributed by atoms with van der Waals surface area (Å²) in [6, 6.07) is 7.10. The lowest BCUT2D eigenvalue weighted by Gasteiger charge is -2.17. The number of phenols is 2. The number of Topliss-reactive ketones (excluding diaryl/α,β-unsaturated/α-hetero) is 1. The zero-order valence-corrected chi connectivity index (χ0v) is 20.8. The summed E-state index contributed by atoms with van der Waals surface area (Å²) in [6.45, 7) is 0. The second-order valence-corrected chi connectivity index (χ2v) is 10.2. The molecule has 1 aliphatic heterocycles. The molecule has 0 radical (unpaired) electrons. The van der Waals surface area contributed by atoms with E-state index < -0.39 is 0 Å². The van der Waals surface area contributed by atoms with Crippen LogP contribution in [0.5, 0.6) is 11.5 Å². The first-order valence-corrected chi connectivity index (χ1v) is 12.0. The Hall–Kier alpha value is -0.540. The first kappa shape index (κ1) is 21.2. The van der Waals surface area contributed by atoms with Crippen molar-refractivity contribution in [1.82, 2.24) is 0 Å². The monoisotopic (exact) mass is 636 g/mol. The molecule has 0 aromatic heterocycles. The summed E-state index contributed by atoms with van der Waals surface area (Å²) < 4.78 is 2.26. The van der Waals surface area contributed by atoms with Gasteiger partial charge in [-0.15, -0.1) is 0 Å². The minimum absolute atomic E-state index is 0.00869. The molecule has 0 unspecified atom stereocenters. The molecule has 0 amide bonds. The number of carbonyl (C=O) groups is 1. The van der Waals surface area contributed by atoms with Crippen molar-refractivity contribution >= 4 is 93.4 Å². The van der Waals surface area contributed by atoms with Gasteiger partial charge >= 0.3 is 0 Å². The number of phenolic OH excluding ortho intramolecular Hbond substituents is 2. The van der Waals surface area contributed by atoms with Gasteiger partial charge in [-0.3, -0.25) is 4.79 Å². The van der Waals surface area contributed by atoms with E-state index in [2.05, 4.69) is 63.7 Å². The molecule has 0 bridgehead atoms. The Morgan fingerprint density at radius 1 is 0.741 bits per heavy atom. The zero-order valence-electron chi connectivity index (χ0n) is 13.6. The zero-order chi connectivity index (χ0) is 19.7. The molecule has 27 heavy (non-hydrogen) atoms. The van der Waals surface area contributed by atoms with Crippen molar-refractivity contribution in [1.29, 1.82) is 0 Å². The first-order chi connectivity index (χ1) is 12.8. The SMILES string of the molecule is O=C1/C(=C/c2cc(Br)c(O)c(Br)c2)CSC/C1=C\c1cc(Br)c(O)c(Br)c1. The lowest BCUT2D eigenvalue weighted by Crippen LogP contribution is -2.16. The summed E-state index contributed by atoms with van der Waals surface area (Å²) in [5.41, 5.74) is 3.07. The largest absolute Gasteiger partial charge is 0.506 e. The van der Waals surface area contributed by atoms with Gasteiger partial charge in [0, 0.05) is 22.7 Å². The molecule has 2 aromatic carbocycles. The number of hydrogen-bond acceptors (Lipinski definition) is 4. The first-order valence-electron chi connectivity index (χ1n) is 7.66. The van der Waals surface area contributed by atoms with Crippen molar-refractivity contribution in [2.75, 3.05) is 11.5 Å². The minimum Gasteiger partial charge on any atom is -0.506 e. The summed E-state index contributed by atoms with van der Waals surface area (Å²) >= 11 is 14.9. The molecule has 0 aliphatic carbocycles. The maximum atomic E-state index is 12.9. The molecule has 3 nitrogen and oxygen atoms in total. The second kappa shape index (κ2) is 8.86. The van der Waals surface area contributed by atoms with Gasteiger partial charge < -0.3 is 10.2 Å². The average molecular weight is 640 g/mol. The number of ketones is 1. The molecular formula is C19H12Br4O3S. The summed E-state index contributed by atoms with van der Waals surface area (Å²) in [5, 5.41) is 19.7. The highest BCUT2D eigenvalue weighted by Crippen LogP contribution is 2.36. The standard InChI is InChI=1S/C19H12Br4O3S/c20-13-3-9(4-14(21)18(13)25)1-11-7-27-8-12(17(11)24)2-10-5-15(22)19(26)16(23)6-10/h1-6,25-26H,7-8H2/b11-1+,12-2+. The van der Waals surface area contributed by atoms with E-state index in [1.807, 2.05) is 12.2 Å². The highest BCUT2D eigenvalue weighted by Gasteiger charge is 2.21. The van der Waals surface area contributed by atoms with Crippen molar-refractivity contribution in [3.8, 4) is 11.5 Å². The number of thioether (sulfide) groups is 1. The van der Waals surface area contributed by atoms with E-state index in [0.717, 1.165) is 11.1 Å². The van der Waals surface area contributed by atoms with Crippen LogP contribution in [0.2, 0.25) is 0 Å². The van der Waals surface area contributed by atoms with Crippen molar-refractivity contribution < 1.29 is 15.0 Å². The van der Waals surface area contributed by atoms with Crippen LogP contribution < -0.4 is 0 Å². The van der Waals surface area contributed by atoms with Gasteiger partial charge in [0.25, 0.3) is 0 Å². The van der Waals surface area contributed by atoms with Crippen LogP contribution in [-0.4, -0.2) is 27.5 Å². The van der Waals surface area contributed by atoms with E-state index in [1.165, 1.54) is 0 Å². The summed E-state index contributed by atoms with van der Waals surface area (Å²) in [7, 11) is 0. The van der Waals surface area contributed by atoms with Crippen molar-refractivity contribution in [3.05, 3.63) is 64.4 Å². The molecule has 0 atom stereocenters. The van der Waals surface area contributed by atoms with Gasteiger partial charge in [-0.2, -0.15) is 11.8 Å². The molecule has 0 spiro atoms. The minimum atomic E-state index is 0.00869. The second-order valence-electron chi connectivity index (χ2n) is 5.83. The summed E-state index contributed by atoms with van der Waals surface area (Å²) in [6.07, 6.45) is 3.69. The topological polar surface area (TPSA) is 57.5 Å². The van der Waals surface area contributed by atoms with Crippen LogP contribution in [0.1, 0.15) is 11.1 Å². The molecule has 0 saturated carbocycles. The van der Waals surface area contributed by atoms with Crippen LogP contribution in [0, 0.1) is 0 Å². The number of halogens is 4. The Kier molecular flexibility index (Phi) is 6.95. The number of carbonyl (C=O) groups excluding carboxylic acids is 1. The maximum absolute atomic E-state index is 12.9. The molecule has 140 valence electrons. The van der Waals surface area contributed by atoms with Crippen LogP contribution in [0.4, 0.5) is 0 Å². The van der Waals surface area contributed by atoms with Gasteiger partial charge in [-0.1, -0.05) is 0 Å². The predicted molar refractivity (Wildman–Crippen MR) is 125 cm³/mol. The van der Waals surface area contributed by atoms with Crippen LogP contribution in [0.15, 0.2) is 53.3 Å². The number of benzene rings is 2. The van der Waals surface area contributed by atoms with E-state index in [9.17, 15) is 15.0 Å². The average Bonchev–Trinajstić information content (AvgIpc) is 2.61. The molecule has 3 rings (SSSR count). The Labute approximate surface area is 194 Å². The number of aromatic hydroxyl groups is 2. The highest BCUT2D eigenvalue weighted by molar-refractivity contribution is 9.11. The Morgan fingerprint density at radius 3 is 1.41 bits per heavy atom. The van der Waals surface area contributed by atoms with Gasteiger partial charge in [0.05, 0.1) is 17.9 Å². The van der Waals surface area contributed by atoms with Crippen LogP contribution in [0.25, 0.3) is 12.2 Å². The lowest BCUT2D eigenvalue weighted by atomic mass is 10.0. The normalized spacial score (nSPS) is 17.7. The fourth-order valence-electron chi connectivity index (χ4n) is 2.56. The van der Waals surface area contributed by atoms with Gasteiger partial charge in [0.1, 0.15) is 11.5 Å². The van der Waals surface area contributed by atoms with E-state index in [-0.39, 0.29) is 17.3 Å². The lowest BCUT2D eigenvalue weighted by molar-refractivity contribution is -0.112. The van der Waals surface area contributed by atoms with Crippen LogP contribution >= 0.6 is 75.5 Å². The van der Waals surface area contributed by atoms with Crippen molar-refractivity contribution in [2.45, 2.75) is 0 Å². The van der Waals surface area contributed by atoms with Gasteiger partial charge in [0.2, 0.25) is 0 Å². The maximum Gasteiger partial charge on any atom is 0.186 e. The van der Waals surface area contributed by atoms with Gasteiger partial charge in [-0.05, 0) is 111 Å². The third-order valence-corrected chi connectivity index (χ3v) is 7.31. The summed E-state index contributed by atoms with van der Waals surface area (Å²) in [5.74, 6) is 1.54. The molecule has 8 heteroatoms. The smallest absolute Gasteiger partial charge is 0.186 e. The molecular weight excluding hydrogens is 628 g/mol. The van der Waals surface area contributed by atoms with Crippen LogP contribution in [-0.2, 0) is 4.79 Å². The molecule has 1 fully saturated rings. The quantitative estimate of drug-likeness (QED) is 0.350.